The van der Waals surface area contributed by atoms with E-state index in [-0.39, 0.29) is 11.5 Å². The maximum Gasteiger partial charge on any atom is 0.156 e. The lowest BCUT2D eigenvalue weighted by Crippen LogP contribution is -2.24. The van der Waals surface area contributed by atoms with E-state index < -0.39 is 0 Å². The van der Waals surface area contributed by atoms with Crippen LogP contribution >= 0.6 is 23.2 Å². The topological polar surface area (TPSA) is 27.7 Å². The van der Waals surface area contributed by atoms with Crippen LogP contribution in [-0.2, 0) is 16.8 Å². The van der Waals surface area contributed by atoms with Gasteiger partial charge in [0.25, 0.3) is 0 Å². The van der Waals surface area contributed by atoms with Gasteiger partial charge in [-0.3, -0.25) is 0 Å². The summed E-state index contributed by atoms with van der Waals surface area (Å²) in [6.07, 6.45) is -0.00109. The molecule has 3 aromatic carbocycles. The van der Waals surface area contributed by atoms with Gasteiger partial charge in [-0.25, -0.2) is 0 Å². The number of halogens is 2. The van der Waals surface area contributed by atoms with Gasteiger partial charge in [0.2, 0.25) is 0 Å². The van der Waals surface area contributed by atoms with E-state index in [1.54, 1.807) is 0 Å². The Kier molecular flexibility index (Phi) is 7.88. The van der Waals surface area contributed by atoms with Gasteiger partial charge < -0.3 is 14.2 Å². The highest BCUT2D eigenvalue weighted by Gasteiger charge is 2.24. The number of ether oxygens (including phenoxy) is 3. The molecule has 0 N–H and O–H groups in total. The summed E-state index contributed by atoms with van der Waals surface area (Å²) < 4.78 is 17.7. The molecule has 0 aliphatic carbocycles. The monoisotopic (exact) mass is 458 g/mol. The molecule has 0 unspecified atom stereocenters. The Hall–Kier alpha value is -2.20. The molecule has 0 saturated carbocycles. The van der Waals surface area contributed by atoms with Crippen molar-refractivity contribution >= 4 is 23.2 Å². The molecule has 0 heterocycles. The summed E-state index contributed by atoms with van der Waals surface area (Å²) in [6, 6.07) is 21.5. The van der Waals surface area contributed by atoms with Gasteiger partial charge in [0.15, 0.2) is 5.75 Å². The summed E-state index contributed by atoms with van der Waals surface area (Å²) in [6.45, 7) is 9.08. The highest BCUT2D eigenvalue weighted by atomic mass is 35.5. The zero-order valence-corrected chi connectivity index (χ0v) is 19.8. The van der Waals surface area contributed by atoms with Crippen molar-refractivity contribution in [1.29, 1.82) is 0 Å². The van der Waals surface area contributed by atoms with Crippen LogP contribution in [0.25, 0.3) is 0 Å². The molecular weight excluding hydrogens is 431 g/mol. The van der Waals surface area contributed by atoms with Gasteiger partial charge in [-0.2, -0.15) is 0 Å². The fraction of sp³-hybridized carbons (Fsp3) is 0.308. The maximum absolute atomic E-state index is 6.43. The first-order valence-corrected chi connectivity index (χ1v) is 11.1. The van der Waals surface area contributed by atoms with Crippen molar-refractivity contribution in [2.75, 3.05) is 6.61 Å². The smallest absolute Gasteiger partial charge is 0.156 e. The van der Waals surface area contributed by atoms with Crippen LogP contribution in [0.5, 0.6) is 17.2 Å². The molecule has 0 aliphatic rings. The first-order valence-electron chi connectivity index (χ1n) is 10.3. The Labute approximate surface area is 194 Å². The molecular formula is C26H28Cl2O3. The van der Waals surface area contributed by atoms with Gasteiger partial charge in [0.1, 0.15) is 11.5 Å². The quantitative estimate of drug-likeness (QED) is 0.324. The SMILES string of the molecule is CC(C)Oc1c(Cl)cc(C(C)(C)COCc2cccc(Oc3ccccc3)c2)cc1Cl. The Bertz CT molecular complexity index is 978. The molecule has 0 bridgehead atoms. The molecule has 0 spiro atoms. The Morgan fingerprint density at radius 1 is 0.839 bits per heavy atom. The molecule has 164 valence electrons. The summed E-state index contributed by atoms with van der Waals surface area (Å²) in [7, 11) is 0. The third-order valence-corrected chi connectivity index (χ3v) is 5.30. The van der Waals surface area contributed by atoms with Crippen LogP contribution in [0.4, 0.5) is 0 Å². The highest BCUT2D eigenvalue weighted by Crippen LogP contribution is 2.38. The molecule has 3 nitrogen and oxygen atoms in total. The van der Waals surface area contributed by atoms with Crippen molar-refractivity contribution < 1.29 is 14.2 Å². The molecule has 0 fully saturated rings. The summed E-state index contributed by atoms with van der Waals surface area (Å²) >= 11 is 12.9. The summed E-state index contributed by atoms with van der Waals surface area (Å²) in [4.78, 5) is 0. The molecule has 5 heteroatoms. The molecule has 0 amide bonds. The summed E-state index contributed by atoms with van der Waals surface area (Å²) in [5.74, 6) is 2.11. The normalized spacial score (nSPS) is 11.6. The van der Waals surface area contributed by atoms with E-state index in [0.29, 0.717) is 29.0 Å². The predicted molar refractivity (Wildman–Crippen MR) is 128 cm³/mol. The van der Waals surface area contributed by atoms with Gasteiger partial charge in [-0.05, 0) is 61.4 Å². The van der Waals surface area contributed by atoms with Crippen LogP contribution in [-0.4, -0.2) is 12.7 Å². The molecule has 3 aromatic rings. The van der Waals surface area contributed by atoms with Gasteiger partial charge in [0.05, 0.1) is 29.4 Å². The Balaban J connectivity index is 1.63. The molecule has 0 aliphatic heterocycles. The second-order valence-corrected chi connectivity index (χ2v) is 9.19. The van der Waals surface area contributed by atoms with E-state index in [1.807, 2.05) is 80.6 Å². The van der Waals surface area contributed by atoms with Crippen LogP contribution in [0.3, 0.4) is 0 Å². The molecule has 0 atom stereocenters. The van der Waals surface area contributed by atoms with Gasteiger partial charge in [-0.1, -0.05) is 67.4 Å². The second kappa shape index (κ2) is 10.4. The fourth-order valence-electron chi connectivity index (χ4n) is 3.13. The van der Waals surface area contributed by atoms with Gasteiger partial charge in [-0.15, -0.1) is 0 Å². The van der Waals surface area contributed by atoms with Crippen molar-refractivity contribution in [2.24, 2.45) is 0 Å². The van der Waals surface area contributed by atoms with Crippen molar-refractivity contribution in [3.05, 3.63) is 87.9 Å². The first kappa shape index (κ1) is 23.5. The van der Waals surface area contributed by atoms with E-state index in [2.05, 4.69) is 13.8 Å². The number of para-hydroxylation sites is 1. The van der Waals surface area contributed by atoms with Crippen molar-refractivity contribution in [3.63, 3.8) is 0 Å². The number of rotatable bonds is 9. The minimum Gasteiger partial charge on any atom is -0.488 e. The van der Waals surface area contributed by atoms with Crippen molar-refractivity contribution in [1.82, 2.24) is 0 Å². The van der Waals surface area contributed by atoms with E-state index >= 15 is 0 Å². The minimum atomic E-state index is -0.276. The van der Waals surface area contributed by atoms with Crippen LogP contribution in [0.15, 0.2) is 66.7 Å². The van der Waals surface area contributed by atoms with Crippen LogP contribution in [0.2, 0.25) is 10.0 Å². The van der Waals surface area contributed by atoms with Gasteiger partial charge >= 0.3 is 0 Å². The summed E-state index contributed by atoms with van der Waals surface area (Å²) in [5.41, 5.74) is 1.77. The Morgan fingerprint density at radius 3 is 2.13 bits per heavy atom. The van der Waals surface area contributed by atoms with E-state index in [1.165, 1.54) is 0 Å². The van der Waals surface area contributed by atoms with Crippen LogP contribution in [0, 0.1) is 0 Å². The van der Waals surface area contributed by atoms with Crippen LogP contribution < -0.4 is 9.47 Å². The fourth-order valence-corrected chi connectivity index (χ4v) is 3.71. The largest absolute Gasteiger partial charge is 0.488 e. The molecule has 0 saturated heterocycles. The lowest BCUT2D eigenvalue weighted by Gasteiger charge is -2.26. The molecule has 0 aromatic heterocycles. The third kappa shape index (κ3) is 6.64. The lowest BCUT2D eigenvalue weighted by molar-refractivity contribution is 0.0824. The number of hydrogen-bond donors (Lipinski definition) is 0. The van der Waals surface area contributed by atoms with Crippen LogP contribution in [0.1, 0.15) is 38.8 Å². The predicted octanol–water partition coefficient (Wildman–Crippen LogP) is 8.07. The molecule has 0 radical (unpaired) electrons. The van der Waals surface area contributed by atoms with Crippen molar-refractivity contribution in [2.45, 2.75) is 45.8 Å². The maximum atomic E-state index is 6.43. The zero-order chi connectivity index (χ0) is 22.4. The summed E-state index contributed by atoms with van der Waals surface area (Å²) in [5, 5.41) is 1.02. The zero-order valence-electron chi connectivity index (χ0n) is 18.3. The molecule has 3 rings (SSSR count). The standard InChI is InChI=1S/C26H28Cl2O3/c1-18(2)30-25-23(27)14-20(15-24(25)28)26(3,4)17-29-16-19-9-8-12-22(13-19)31-21-10-6-5-7-11-21/h5-15,18H,16-17H2,1-4H3. The minimum absolute atomic E-state index is 0.00109. The average molecular weight is 459 g/mol. The third-order valence-electron chi connectivity index (χ3n) is 4.74. The second-order valence-electron chi connectivity index (χ2n) is 8.37. The Morgan fingerprint density at radius 2 is 1.48 bits per heavy atom. The highest BCUT2D eigenvalue weighted by molar-refractivity contribution is 6.37. The van der Waals surface area contributed by atoms with E-state index in [0.717, 1.165) is 22.6 Å². The van der Waals surface area contributed by atoms with E-state index in [9.17, 15) is 0 Å². The number of benzene rings is 3. The first-order chi connectivity index (χ1) is 14.7. The lowest BCUT2D eigenvalue weighted by atomic mass is 9.85. The molecule has 31 heavy (non-hydrogen) atoms. The number of hydrogen-bond acceptors (Lipinski definition) is 3. The average Bonchev–Trinajstić information content (AvgIpc) is 2.71. The van der Waals surface area contributed by atoms with Gasteiger partial charge in [0, 0.05) is 5.41 Å². The van der Waals surface area contributed by atoms with Crippen molar-refractivity contribution in [3.8, 4) is 17.2 Å². The van der Waals surface area contributed by atoms with E-state index in [4.69, 9.17) is 37.4 Å².